The van der Waals surface area contributed by atoms with E-state index >= 15 is 4.39 Å². The van der Waals surface area contributed by atoms with Crippen LogP contribution in [0.4, 0.5) is 10.1 Å². The van der Waals surface area contributed by atoms with Crippen LogP contribution < -0.4 is 5.32 Å². The van der Waals surface area contributed by atoms with Crippen molar-refractivity contribution in [3.05, 3.63) is 97.2 Å². The highest BCUT2D eigenvalue weighted by Crippen LogP contribution is 2.34. The Labute approximate surface area is 219 Å². The number of nitrogens with one attached hydrogen (secondary N) is 3. The number of benzene rings is 1. The van der Waals surface area contributed by atoms with Crippen LogP contribution in [-0.2, 0) is 0 Å². The summed E-state index contributed by atoms with van der Waals surface area (Å²) in [6, 6.07) is 14.1. The van der Waals surface area contributed by atoms with E-state index in [9.17, 15) is 4.79 Å². The molecule has 1 amide bonds. The summed E-state index contributed by atoms with van der Waals surface area (Å²) < 4.78 is 21.3. The van der Waals surface area contributed by atoms with Crippen molar-refractivity contribution in [1.82, 2.24) is 35.1 Å². The lowest BCUT2D eigenvalue weighted by Crippen LogP contribution is -2.11. The second kappa shape index (κ2) is 8.99. The second-order valence-electron chi connectivity index (χ2n) is 8.72. The molecule has 39 heavy (non-hydrogen) atoms. The highest BCUT2D eigenvalue weighted by molar-refractivity contribution is 6.04. The average Bonchev–Trinajstić information content (AvgIpc) is 3.73. The number of H-pyrrole nitrogens is 2. The summed E-state index contributed by atoms with van der Waals surface area (Å²) in [7, 11) is 0. The number of pyridine rings is 3. The van der Waals surface area contributed by atoms with E-state index in [1.54, 1.807) is 49.1 Å². The molecule has 6 aromatic heterocycles. The van der Waals surface area contributed by atoms with E-state index in [2.05, 4.69) is 40.4 Å². The number of fused-ring (bicyclic) bond motifs is 2. The summed E-state index contributed by atoms with van der Waals surface area (Å²) in [5, 5.41) is 10.0. The van der Waals surface area contributed by atoms with Crippen LogP contribution >= 0.6 is 0 Å². The van der Waals surface area contributed by atoms with Gasteiger partial charge < -0.3 is 14.7 Å². The number of rotatable bonds is 5. The molecular weight excluding hydrogens is 499 g/mol. The van der Waals surface area contributed by atoms with Crippen molar-refractivity contribution in [1.29, 1.82) is 0 Å². The van der Waals surface area contributed by atoms with Crippen LogP contribution in [0.1, 0.15) is 10.4 Å². The Morgan fingerprint density at radius 1 is 0.949 bits per heavy atom. The molecular formula is C28H17FN8O2. The van der Waals surface area contributed by atoms with Gasteiger partial charge in [0.05, 0.1) is 29.8 Å². The number of halogens is 1. The van der Waals surface area contributed by atoms with E-state index in [0.29, 0.717) is 33.8 Å². The van der Waals surface area contributed by atoms with Crippen LogP contribution in [0.2, 0.25) is 0 Å². The Balaban J connectivity index is 1.29. The third-order valence-corrected chi connectivity index (χ3v) is 6.31. The van der Waals surface area contributed by atoms with E-state index in [-0.39, 0.29) is 28.2 Å². The van der Waals surface area contributed by atoms with E-state index in [1.165, 1.54) is 18.6 Å². The summed E-state index contributed by atoms with van der Waals surface area (Å²) in [6.45, 7) is 0. The summed E-state index contributed by atoms with van der Waals surface area (Å²) >= 11 is 0. The number of furan rings is 1. The van der Waals surface area contributed by atoms with Crippen molar-refractivity contribution in [2.45, 2.75) is 0 Å². The normalized spacial score (nSPS) is 11.3. The molecule has 0 saturated heterocycles. The Hall–Kier alpha value is -5.71. The number of hydrogen-bond acceptors (Lipinski definition) is 7. The van der Waals surface area contributed by atoms with Crippen LogP contribution in [0.5, 0.6) is 0 Å². The SMILES string of the molecule is O=C(Nc1cncc(-c2cnc3[nH]nc(-c4nc5c(-c6ccoc6)ccnc5[nH]4)c3c2F)c1)c1ccccc1. The molecule has 3 N–H and O–H groups in total. The van der Waals surface area contributed by atoms with Gasteiger partial charge in [-0.25, -0.2) is 19.3 Å². The van der Waals surface area contributed by atoms with Gasteiger partial charge in [0.1, 0.15) is 17.0 Å². The molecule has 0 radical (unpaired) electrons. The maximum atomic E-state index is 16.1. The number of nitrogens with zero attached hydrogens (tertiary/aromatic N) is 5. The lowest BCUT2D eigenvalue weighted by Gasteiger charge is -2.08. The molecule has 0 bridgehead atoms. The number of aromatic amines is 2. The van der Waals surface area contributed by atoms with Gasteiger partial charge in [-0.2, -0.15) is 5.10 Å². The molecule has 0 saturated carbocycles. The average molecular weight is 516 g/mol. The highest BCUT2D eigenvalue weighted by atomic mass is 19.1. The monoisotopic (exact) mass is 516 g/mol. The number of amides is 1. The summed E-state index contributed by atoms with van der Waals surface area (Å²) in [6.07, 6.45) is 9.26. The van der Waals surface area contributed by atoms with Gasteiger partial charge in [-0.1, -0.05) is 18.2 Å². The number of imidazole rings is 1. The number of carbonyl (C=O) groups excluding carboxylic acids is 1. The molecule has 6 heterocycles. The van der Waals surface area contributed by atoms with Gasteiger partial charge >= 0.3 is 0 Å². The number of carbonyl (C=O) groups is 1. The zero-order chi connectivity index (χ0) is 26.3. The smallest absolute Gasteiger partial charge is 0.255 e. The lowest BCUT2D eigenvalue weighted by molar-refractivity contribution is 0.102. The topological polar surface area (TPSA) is 138 Å². The van der Waals surface area contributed by atoms with Gasteiger partial charge in [0.15, 0.2) is 17.1 Å². The zero-order valence-electron chi connectivity index (χ0n) is 20.0. The molecule has 0 fully saturated rings. The largest absolute Gasteiger partial charge is 0.472 e. The fourth-order valence-electron chi connectivity index (χ4n) is 4.45. The minimum atomic E-state index is -0.555. The van der Waals surface area contributed by atoms with Crippen molar-refractivity contribution in [2.75, 3.05) is 5.32 Å². The van der Waals surface area contributed by atoms with E-state index in [1.807, 2.05) is 18.2 Å². The first-order valence-corrected chi connectivity index (χ1v) is 11.9. The fourth-order valence-corrected chi connectivity index (χ4v) is 4.45. The summed E-state index contributed by atoms with van der Waals surface area (Å²) in [5.41, 5.74) is 4.85. The van der Waals surface area contributed by atoms with Crippen molar-refractivity contribution >= 4 is 33.8 Å². The summed E-state index contributed by atoms with van der Waals surface area (Å²) in [5.74, 6) is -0.519. The minimum absolute atomic E-state index is 0.162. The summed E-state index contributed by atoms with van der Waals surface area (Å²) in [4.78, 5) is 33.3. The van der Waals surface area contributed by atoms with Crippen LogP contribution in [-0.4, -0.2) is 41.0 Å². The van der Waals surface area contributed by atoms with Gasteiger partial charge in [-0.05, 0) is 30.3 Å². The zero-order valence-corrected chi connectivity index (χ0v) is 20.0. The predicted octanol–water partition coefficient (Wildman–Crippen LogP) is 5.61. The first-order valence-electron chi connectivity index (χ1n) is 11.9. The Kier molecular flexibility index (Phi) is 5.18. The number of hydrogen-bond donors (Lipinski definition) is 3. The van der Waals surface area contributed by atoms with Crippen LogP contribution in [0.3, 0.4) is 0 Å². The quantitative estimate of drug-likeness (QED) is 0.270. The van der Waals surface area contributed by atoms with Crippen LogP contribution in [0.25, 0.3) is 56.0 Å². The van der Waals surface area contributed by atoms with Crippen molar-refractivity contribution < 1.29 is 13.6 Å². The minimum Gasteiger partial charge on any atom is -0.472 e. The van der Waals surface area contributed by atoms with Crippen LogP contribution in [0, 0.1) is 5.82 Å². The fraction of sp³-hybridized carbons (Fsp3) is 0. The molecule has 0 aliphatic rings. The van der Waals surface area contributed by atoms with Gasteiger partial charge in [0, 0.05) is 46.4 Å². The molecule has 10 nitrogen and oxygen atoms in total. The van der Waals surface area contributed by atoms with Gasteiger partial charge in [0.2, 0.25) is 0 Å². The molecule has 0 aliphatic heterocycles. The third-order valence-electron chi connectivity index (χ3n) is 6.31. The van der Waals surface area contributed by atoms with Gasteiger partial charge in [-0.3, -0.25) is 14.9 Å². The molecule has 0 atom stereocenters. The number of aromatic nitrogens is 7. The Bertz CT molecular complexity index is 1980. The third kappa shape index (κ3) is 3.89. The van der Waals surface area contributed by atoms with Crippen LogP contribution in [0.15, 0.2) is 90.3 Å². The molecule has 188 valence electrons. The van der Waals surface area contributed by atoms with Crippen molar-refractivity contribution in [3.63, 3.8) is 0 Å². The van der Waals surface area contributed by atoms with Gasteiger partial charge in [-0.15, -0.1) is 0 Å². The van der Waals surface area contributed by atoms with E-state index < -0.39 is 5.82 Å². The maximum absolute atomic E-state index is 16.1. The van der Waals surface area contributed by atoms with Gasteiger partial charge in [0.25, 0.3) is 5.91 Å². The van der Waals surface area contributed by atoms with Crippen molar-refractivity contribution in [2.24, 2.45) is 0 Å². The molecule has 7 rings (SSSR count). The lowest BCUT2D eigenvalue weighted by atomic mass is 10.1. The first-order chi connectivity index (χ1) is 19.2. The predicted molar refractivity (Wildman–Crippen MR) is 142 cm³/mol. The maximum Gasteiger partial charge on any atom is 0.255 e. The van der Waals surface area contributed by atoms with Crippen molar-refractivity contribution in [3.8, 4) is 33.8 Å². The Morgan fingerprint density at radius 3 is 2.69 bits per heavy atom. The standard InChI is InChI=1S/C28H17FN8O2/c29-22-20(17-10-18(12-30-11-17)33-28(38)15-4-2-1-3-5-15)13-32-25-21(22)24(36-37-25)27-34-23-19(16-7-9-39-14-16)6-8-31-26(23)35-27/h1-14H,(H,33,38)(H,31,34,35)(H,32,36,37). The molecule has 0 spiro atoms. The molecule has 0 aliphatic carbocycles. The highest BCUT2D eigenvalue weighted by Gasteiger charge is 2.22. The second-order valence-corrected chi connectivity index (χ2v) is 8.72. The molecule has 1 aromatic carbocycles. The van der Waals surface area contributed by atoms with E-state index in [4.69, 9.17) is 4.42 Å². The van der Waals surface area contributed by atoms with E-state index in [0.717, 1.165) is 11.1 Å². The Morgan fingerprint density at radius 2 is 1.85 bits per heavy atom. The first kappa shape index (κ1) is 22.5. The molecule has 7 aromatic rings. The molecule has 0 unspecified atom stereocenters. The number of anilines is 1. The molecule has 11 heteroatoms.